The van der Waals surface area contributed by atoms with Crippen LogP contribution in [0.2, 0.25) is 0 Å². The third-order valence-corrected chi connectivity index (χ3v) is 5.79. The highest BCUT2D eigenvalue weighted by atomic mass is 16.5. The molecule has 0 aromatic heterocycles. The van der Waals surface area contributed by atoms with Crippen molar-refractivity contribution < 1.29 is 9.53 Å². The van der Waals surface area contributed by atoms with E-state index in [1.807, 2.05) is 11.9 Å². The second kappa shape index (κ2) is 6.23. The van der Waals surface area contributed by atoms with E-state index >= 15 is 0 Å². The number of ether oxygens (including phenoxy) is 1. The van der Waals surface area contributed by atoms with E-state index in [1.54, 1.807) is 0 Å². The van der Waals surface area contributed by atoms with E-state index in [0.29, 0.717) is 6.04 Å². The lowest BCUT2D eigenvalue weighted by atomic mass is 9.86. The number of hydrogen-bond acceptors (Lipinski definition) is 4. The summed E-state index contributed by atoms with van der Waals surface area (Å²) in [6.07, 6.45) is 6.05. The summed E-state index contributed by atoms with van der Waals surface area (Å²) in [4.78, 5) is 16.6. The molecule has 0 unspecified atom stereocenters. The van der Waals surface area contributed by atoms with Crippen LogP contribution in [-0.4, -0.2) is 73.2 Å². The summed E-state index contributed by atoms with van der Waals surface area (Å²) in [5.41, 5.74) is 0.227. The van der Waals surface area contributed by atoms with Crippen LogP contribution in [0.3, 0.4) is 0 Å². The Hall–Kier alpha value is -0.650. The molecule has 1 N–H and O–H groups in total. The molecule has 5 nitrogen and oxygen atoms in total. The van der Waals surface area contributed by atoms with Crippen LogP contribution in [0.15, 0.2) is 0 Å². The van der Waals surface area contributed by atoms with Crippen LogP contribution in [-0.2, 0) is 9.53 Å². The molecule has 0 bridgehead atoms. The first-order valence-electron chi connectivity index (χ1n) is 8.47. The minimum atomic E-state index is 0.0171. The molecule has 3 rings (SSSR count). The summed E-state index contributed by atoms with van der Waals surface area (Å²) in [6, 6.07) is 0.377. The summed E-state index contributed by atoms with van der Waals surface area (Å²) >= 11 is 0. The molecule has 2 saturated heterocycles. The van der Waals surface area contributed by atoms with E-state index in [-0.39, 0.29) is 17.5 Å². The van der Waals surface area contributed by atoms with Gasteiger partial charge in [0.15, 0.2) is 0 Å². The standard InChI is InChI=1S/C16H29N3O2/c1-13(17-14-5-8-18(2)15(14)20)16(6-3-4-7-16)19-9-11-21-12-10-19/h13-14,17H,3-12H2,1-2H3/t13-,14+/m1/s1. The van der Waals surface area contributed by atoms with Gasteiger partial charge in [-0.15, -0.1) is 0 Å². The lowest BCUT2D eigenvalue weighted by molar-refractivity contribution is -0.128. The van der Waals surface area contributed by atoms with Crippen LogP contribution in [0.5, 0.6) is 0 Å². The number of rotatable bonds is 4. The average molecular weight is 295 g/mol. The molecule has 120 valence electrons. The zero-order valence-electron chi connectivity index (χ0n) is 13.4. The van der Waals surface area contributed by atoms with Gasteiger partial charge in [-0.25, -0.2) is 0 Å². The van der Waals surface area contributed by atoms with E-state index in [4.69, 9.17) is 4.74 Å². The van der Waals surface area contributed by atoms with E-state index in [0.717, 1.165) is 39.3 Å². The fourth-order valence-corrected chi connectivity index (χ4v) is 4.45. The Bertz CT molecular complexity index is 376. The maximum atomic E-state index is 12.2. The summed E-state index contributed by atoms with van der Waals surface area (Å²) in [5.74, 6) is 0.261. The van der Waals surface area contributed by atoms with Gasteiger partial charge in [-0.1, -0.05) is 12.8 Å². The quantitative estimate of drug-likeness (QED) is 0.835. The minimum absolute atomic E-state index is 0.0171. The topological polar surface area (TPSA) is 44.8 Å². The van der Waals surface area contributed by atoms with Crippen molar-refractivity contribution in [3.05, 3.63) is 0 Å². The monoisotopic (exact) mass is 295 g/mol. The second-order valence-electron chi connectivity index (χ2n) is 6.90. The molecule has 2 aliphatic heterocycles. The van der Waals surface area contributed by atoms with Crippen LogP contribution >= 0.6 is 0 Å². The Kier molecular flexibility index (Phi) is 4.52. The molecule has 0 spiro atoms. The Morgan fingerprint density at radius 1 is 1.24 bits per heavy atom. The minimum Gasteiger partial charge on any atom is -0.379 e. The van der Waals surface area contributed by atoms with Gasteiger partial charge in [-0.05, 0) is 26.2 Å². The summed E-state index contributed by atoms with van der Waals surface area (Å²) in [7, 11) is 1.90. The summed E-state index contributed by atoms with van der Waals surface area (Å²) in [6.45, 7) is 6.92. The third kappa shape index (κ3) is 2.83. The fraction of sp³-hybridized carbons (Fsp3) is 0.938. The van der Waals surface area contributed by atoms with E-state index in [9.17, 15) is 4.79 Å². The zero-order chi connectivity index (χ0) is 14.9. The van der Waals surface area contributed by atoms with Crippen molar-refractivity contribution >= 4 is 5.91 Å². The normalized spacial score (nSPS) is 31.8. The lowest BCUT2D eigenvalue weighted by Gasteiger charge is -2.48. The molecule has 1 aliphatic carbocycles. The SMILES string of the molecule is C[C@@H](N[C@H]1CCN(C)C1=O)C1(N2CCOCC2)CCCC1. The molecule has 21 heavy (non-hydrogen) atoms. The number of morpholine rings is 1. The van der Waals surface area contributed by atoms with Crippen molar-refractivity contribution in [3.63, 3.8) is 0 Å². The Labute approximate surface area is 128 Å². The van der Waals surface area contributed by atoms with E-state index < -0.39 is 0 Å². The van der Waals surface area contributed by atoms with Crippen LogP contribution in [0.25, 0.3) is 0 Å². The first-order valence-corrected chi connectivity index (χ1v) is 8.47. The molecular formula is C16H29N3O2. The van der Waals surface area contributed by atoms with Gasteiger partial charge in [0, 0.05) is 38.3 Å². The number of likely N-dealkylation sites (N-methyl/N-ethyl adjacent to an activating group) is 1. The van der Waals surface area contributed by atoms with Crippen molar-refractivity contribution in [2.24, 2.45) is 0 Å². The molecule has 0 aromatic rings. The van der Waals surface area contributed by atoms with Crippen LogP contribution < -0.4 is 5.32 Å². The molecule has 3 aliphatic rings. The number of nitrogens with zero attached hydrogens (tertiary/aromatic N) is 2. The molecule has 2 atom stereocenters. The number of carbonyl (C=O) groups excluding carboxylic acids is 1. The van der Waals surface area contributed by atoms with Crippen molar-refractivity contribution in [1.82, 2.24) is 15.1 Å². The predicted octanol–water partition coefficient (Wildman–Crippen LogP) is 0.840. The molecule has 5 heteroatoms. The Balaban J connectivity index is 1.69. The number of likely N-dealkylation sites (tertiary alicyclic amines) is 1. The number of hydrogen-bond donors (Lipinski definition) is 1. The van der Waals surface area contributed by atoms with Gasteiger partial charge in [-0.3, -0.25) is 9.69 Å². The predicted molar refractivity (Wildman–Crippen MR) is 82.2 cm³/mol. The first kappa shape index (κ1) is 15.3. The zero-order valence-corrected chi connectivity index (χ0v) is 13.4. The van der Waals surface area contributed by atoms with Crippen molar-refractivity contribution in [2.75, 3.05) is 39.9 Å². The highest BCUT2D eigenvalue weighted by Crippen LogP contribution is 2.39. The van der Waals surface area contributed by atoms with Crippen molar-refractivity contribution in [1.29, 1.82) is 0 Å². The highest BCUT2D eigenvalue weighted by Gasteiger charge is 2.45. The molecule has 0 aromatic carbocycles. The maximum absolute atomic E-state index is 12.2. The fourth-order valence-electron chi connectivity index (χ4n) is 4.45. The van der Waals surface area contributed by atoms with Crippen LogP contribution in [0.1, 0.15) is 39.0 Å². The summed E-state index contributed by atoms with van der Waals surface area (Å²) < 4.78 is 5.53. The van der Waals surface area contributed by atoms with Gasteiger partial charge in [-0.2, -0.15) is 0 Å². The smallest absolute Gasteiger partial charge is 0.239 e. The maximum Gasteiger partial charge on any atom is 0.239 e. The third-order valence-electron chi connectivity index (χ3n) is 5.79. The lowest BCUT2D eigenvalue weighted by Crippen LogP contribution is -2.63. The van der Waals surface area contributed by atoms with Crippen molar-refractivity contribution in [3.8, 4) is 0 Å². The molecule has 2 heterocycles. The molecule has 1 amide bonds. The van der Waals surface area contributed by atoms with Crippen LogP contribution in [0, 0.1) is 0 Å². The Morgan fingerprint density at radius 3 is 2.48 bits per heavy atom. The second-order valence-corrected chi connectivity index (χ2v) is 6.90. The number of nitrogens with one attached hydrogen (secondary N) is 1. The first-order chi connectivity index (χ1) is 10.1. The van der Waals surface area contributed by atoms with Crippen molar-refractivity contribution in [2.45, 2.75) is 56.7 Å². The Morgan fingerprint density at radius 2 is 1.90 bits per heavy atom. The van der Waals surface area contributed by atoms with Gasteiger partial charge < -0.3 is 15.0 Å². The molecule has 3 fully saturated rings. The molecule has 0 radical (unpaired) electrons. The van der Waals surface area contributed by atoms with E-state index in [1.165, 1.54) is 25.7 Å². The van der Waals surface area contributed by atoms with Gasteiger partial charge in [0.2, 0.25) is 5.91 Å². The van der Waals surface area contributed by atoms with Gasteiger partial charge in [0.25, 0.3) is 0 Å². The largest absolute Gasteiger partial charge is 0.379 e. The van der Waals surface area contributed by atoms with Gasteiger partial charge in [0.1, 0.15) is 0 Å². The summed E-state index contributed by atoms with van der Waals surface area (Å²) in [5, 5.41) is 3.67. The average Bonchev–Trinajstić information content (AvgIpc) is 3.12. The van der Waals surface area contributed by atoms with E-state index in [2.05, 4.69) is 17.1 Å². The highest BCUT2D eigenvalue weighted by molar-refractivity contribution is 5.83. The molecule has 1 saturated carbocycles. The molecular weight excluding hydrogens is 266 g/mol. The van der Waals surface area contributed by atoms with Gasteiger partial charge in [0.05, 0.1) is 19.3 Å². The van der Waals surface area contributed by atoms with Gasteiger partial charge >= 0.3 is 0 Å². The number of amides is 1. The number of carbonyl (C=O) groups is 1. The van der Waals surface area contributed by atoms with Crippen LogP contribution in [0.4, 0.5) is 0 Å².